The number of rotatable bonds is 2. The lowest BCUT2D eigenvalue weighted by Gasteiger charge is -2.22. The summed E-state index contributed by atoms with van der Waals surface area (Å²) in [5.74, 6) is 3.70. The third-order valence-electron chi connectivity index (χ3n) is 4.19. The molecule has 0 radical (unpaired) electrons. The molecule has 3 nitrogen and oxygen atoms in total. The Labute approximate surface area is 94.8 Å². The highest BCUT2D eigenvalue weighted by Gasteiger charge is 2.39. The lowest BCUT2D eigenvalue weighted by molar-refractivity contribution is 0.294. The van der Waals surface area contributed by atoms with Crippen molar-refractivity contribution < 1.29 is 0 Å². The van der Waals surface area contributed by atoms with Crippen molar-refractivity contribution in [3.8, 4) is 0 Å². The van der Waals surface area contributed by atoms with Gasteiger partial charge in [0.1, 0.15) is 5.82 Å². The van der Waals surface area contributed by atoms with Gasteiger partial charge in [0.2, 0.25) is 5.28 Å². The van der Waals surface area contributed by atoms with E-state index in [1.54, 1.807) is 0 Å². The SMILES string of the molecule is Cc1nnc(Cl)n1CC1CC2CCC1C2. The first-order valence-corrected chi connectivity index (χ1v) is 6.17. The number of hydrogen-bond acceptors (Lipinski definition) is 2. The molecule has 0 N–H and O–H groups in total. The summed E-state index contributed by atoms with van der Waals surface area (Å²) in [6.07, 6.45) is 5.71. The molecule has 3 unspecified atom stereocenters. The smallest absolute Gasteiger partial charge is 0.225 e. The average Bonchev–Trinajstić information content (AvgIpc) is 2.89. The maximum absolute atomic E-state index is 6.01. The van der Waals surface area contributed by atoms with Gasteiger partial charge in [-0.1, -0.05) is 6.42 Å². The number of nitrogens with zero attached hydrogens (tertiary/aromatic N) is 3. The van der Waals surface area contributed by atoms with Crippen LogP contribution >= 0.6 is 11.6 Å². The summed E-state index contributed by atoms with van der Waals surface area (Å²) in [6.45, 7) is 3.00. The molecular weight excluding hydrogens is 210 g/mol. The topological polar surface area (TPSA) is 30.7 Å². The Kier molecular flexibility index (Phi) is 2.23. The molecule has 2 bridgehead atoms. The number of aromatic nitrogens is 3. The first kappa shape index (κ1) is 9.64. The van der Waals surface area contributed by atoms with Crippen molar-refractivity contribution in [3.63, 3.8) is 0 Å². The predicted octanol–water partition coefficient (Wildman–Crippen LogP) is 2.68. The molecule has 0 saturated heterocycles. The zero-order valence-corrected chi connectivity index (χ0v) is 9.74. The van der Waals surface area contributed by atoms with Crippen LogP contribution in [0.5, 0.6) is 0 Å². The van der Waals surface area contributed by atoms with Crippen molar-refractivity contribution in [2.45, 2.75) is 39.2 Å². The Hall–Kier alpha value is -0.570. The van der Waals surface area contributed by atoms with E-state index in [0.29, 0.717) is 5.28 Å². The summed E-state index contributed by atoms with van der Waals surface area (Å²) in [6, 6.07) is 0. The van der Waals surface area contributed by atoms with E-state index in [1.165, 1.54) is 25.7 Å². The minimum absolute atomic E-state index is 0.551. The molecule has 0 spiro atoms. The van der Waals surface area contributed by atoms with Crippen LogP contribution in [0, 0.1) is 24.7 Å². The van der Waals surface area contributed by atoms with Crippen LogP contribution < -0.4 is 0 Å². The molecule has 0 amide bonds. The molecule has 4 heteroatoms. The molecule has 2 aliphatic rings. The Morgan fingerprint density at radius 1 is 1.33 bits per heavy atom. The predicted molar refractivity (Wildman–Crippen MR) is 58.7 cm³/mol. The number of fused-ring (bicyclic) bond motifs is 2. The zero-order valence-electron chi connectivity index (χ0n) is 8.99. The van der Waals surface area contributed by atoms with Crippen molar-refractivity contribution >= 4 is 11.6 Å². The first-order valence-electron chi connectivity index (χ1n) is 5.79. The monoisotopic (exact) mass is 225 g/mol. The number of hydrogen-bond donors (Lipinski definition) is 0. The third kappa shape index (κ3) is 1.57. The van der Waals surface area contributed by atoms with Crippen molar-refractivity contribution in [2.75, 3.05) is 0 Å². The fourth-order valence-corrected chi connectivity index (χ4v) is 3.63. The van der Waals surface area contributed by atoms with E-state index < -0.39 is 0 Å². The quantitative estimate of drug-likeness (QED) is 0.775. The molecule has 2 aliphatic carbocycles. The molecule has 1 aromatic heterocycles. The minimum atomic E-state index is 0.551. The van der Waals surface area contributed by atoms with Gasteiger partial charge >= 0.3 is 0 Å². The summed E-state index contributed by atoms with van der Waals surface area (Å²) in [4.78, 5) is 0. The van der Waals surface area contributed by atoms with Gasteiger partial charge in [0.25, 0.3) is 0 Å². The summed E-state index contributed by atoms with van der Waals surface area (Å²) in [5, 5.41) is 8.45. The van der Waals surface area contributed by atoms with Crippen LogP contribution in [0.1, 0.15) is 31.5 Å². The molecule has 82 valence electrons. The van der Waals surface area contributed by atoms with Gasteiger partial charge in [0, 0.05) is 6.54 Å². The van der Waals surface area contributed by atoms with Crippen molar-refractivity contribution in [1.29, 1.82) is 0 Å². The molecule has 2 fully saturated rings. The Bertz CT molecular complexity index is 354. The largest absolute Gasteiger partial charge is 0.302 e. The van der Waals surface area contributed by atoms with Crippen molar-refractivity contribution in [2.24, 2.45) is 17.8 Å². The van der Waals surface area contributed by atoms with Gasteiger partial charge in [0.15, 0.2) is 0 Å². The normalized spacial score (nSPS) is 33.9. The second-order valence-electron chi connectivity index (χ2n) is 5.06. The fourth-order valence-electron chi connectivity index (χ4n) is 3.40. The lowest BCUT2D eigenvalue weighted by atomic mass is 9.89. The fraction of sp³-hybridized carbons (Fsp3) is 0.818. The summed E-state index contributed by atoms with van der Waals surface area (Å²) < 4.78 is 2.06. The highest BCUT2D eigenvalue weighted by molar-refractivity contribution is 6.28. The van der Waals surface area contributed by atoms with Gasteiger partial charge in [-0.3, -0.25) is 0 Å². The highest BCUT2D eigenvalue weighted by Crippen LogP contribution is 2.49. The highest BCUT2D eigenvalue weighted by atomic mass is 35.5. The van der Waals surface area contributed by atoms with E-state index in [9.17, 15) is 0 Å². The lowest BCUT2D eigenvalue weighted by Crippen LogP contribution is -2.18. The third-order valence-corrected chi connectivity index (χ3v) is 4.47. The van der Waals surface area contributed by atoms with Gasteiger partial charge < -0.3 is 4.57 Å². The van der Waals surface area contributed by atoms with E-state index in [4.69, 9.17) is 11.6 Å². The molecule has 15 heavy (non-hydrogen) atoms. The molecule has 0 aromatic carbocycles. The van der Waals surface area contributed by atoms with Gasteiger partial charge in [-0.05, 0) is 55.5 Å². The molecule has 1 heterocycles. The van der Waals surface area contributed by atoms with Crippen molar-refractivity contribution in [1.82, 2.24) is 14.8 Å². The maximum Gasteiger partial charge on any atom is 0.225 e. The van der Waals surface area contributed by atoms with E-state index >= 15 is 0 Å². The first-order chi connectivity index (χ1) is 7.24. The molecule has 3 atom stereocenters. The maximum atomic E-state index is 6.01. The Balaban J connectivity index is 1.76. The Morgan fingerprint density at radius 2 is 2.20 bits per heavy atom. The molecule has 2 saturated carbocycles. The van der Waals surface area contributed by atoms with E-state index in [2.05, 4.69) is 14.8 Å². The van der Waals surface area contributed by atoms with Crippen LogP contribution in [0.15, 0.2) is 0 Å². The number of aryl methyl sites for hydroxylation is 1. The van der Waals surface area contributed by atoms with Crippen LogP contribution in [-0.2, 0) is 6.54 Å². The standard InChI is InChI=1S/C11H16ClN3/c1-7-13-14-11(12)15(7)6-10-5-8-2-3-9(10)4-8/h8-10H,2-6H2,1H3. The van der Waals surface area contributed by atoms with Crippen molar-refractivity contribution in [3.05, 3.63) is 11.1 Å². The second-order valence-corrected chi connectivity index (χ2v) is 5.40. The number of halogens is 1. The average molecular weight is 226 g/mol. The van der Waals surface area contributed by atoms with E-state index in [0.717, 1.165) is 30.1 Å². The van der Waals surface area contributed by atoms with E-state index in [1.807, 2.05) is 6.92 Å². The zero-order chi connectivity index (χ0) is 10.4. The van der Waals surface area contributed by atoms with Crippen LogP contribution in [-0.4, -0.2) is 14.8 Å². The minimum Gasteiger partial charge on any atom is -0.302 e. The van der Waals surface area contributed by atoms with Crippen LogP contribution in [0.3, 0.4) is 0 Å². The summed E-state index contributed by atoms with van der Waals surface area (Å²) >= 11 is 6.01. The van der Waals surface area contributed by atoms with Gasteiger partial charge in [0.05, 0.1) is 0 Å². The van der Waals surface area contributed by atoms with Crippen LogP contribution in [0.4, 0.5) is 0 Å². The molecule has 0 aliphatic heterocycles. The molecular formula is C11H16ClN3. The summed E-state index contributed by atoms with van der Waals surface area (Å²) in [5.41, 5.74) is 0. The van der Waals surface area contributed by atoms with Crippen LogP contribution in [0.2, 0.25) is 5.28 Å². The van der Waals surface area contributed by atoms with Gasteiger partial charge in [-0.2, -0.15) is 0 Å². The van der Waals surface area contributed by atoms with Gasteiger partial charge in [-0.15, -0.1) is 10.2 Å². The van der Waals surface area contributed by atoms with E-state index in [-0.39, 0.29) is 0 Å². The summed E-state index contributed by atoms with van der Waals surface area (Å²) in [7, 11) is 0. The Morgan fingerprint density at radius 3 is 2.73 bits per heavy atom. The molecule has 1 aromatic rings. The second kappa shape index (κ2) is 3.48. The molecule has 3 rings (SSSR count). The van der Waals surface area contributed by atoms with Crippen LogP contribution in [0.25, 0.3) is 0 Å². The van der Waals surface area contributed by atoms with Gasteiger partial charge in [-0.25, -0.2) is 0 Å².